The van der Waals surface area contributed by atoms with Gasteiger partial charge in [-0.2, -0.15) is 0 Å². The van der Waals surface area contributed by atoms with Crippen molar-refractivity contribution in [1.82, 2.24) is 0 Å². The molecular formula is C56H72O15. The van der Waals surface area contributed by atoms with Crippen molar-refractivity contribution in [3.63, 3.8) is 0 Å². The molecule has 0 radical (unpaired) electrons. The number of allylic oxidation sites excluding steroid dienone is 5. The van der Waals surface area contributed by atoms with Gasteiger partial charge in [0.1, 0.15) is 34.6 Å². The van der Waals surface area contributed by atoms with E-state index in [2.05, 4.69) is 0 Å². The first kappa shape index (κ1) is 50.6. The van der Waals surface area contributed by atoms with Crippen molar-refractivity contribution in [3.8, 4) is 0 Å². The molecule has 386 valence electrons. The normalized spacial score (nSPS) is 50.1. The summed E-state index contributed by atoms with van der Waals surface area (Å²) in [6, 6.07) is 0. The maximum atomic E-state index is 13.3. The third kappa shape index (κ3) is 5.75. The summed E-state index contributed by atoms with van der Waals surface area (Å²) in [5.74, 6) is -2.95. The minimum absolute atomic E-state index is 0.117. The molecule has 0 aromatic rings. The second-order valence-electron chi connectivity index (χ2n) is 25.0. The highest BCUT2D eigenvalue weighted by Gasteiger charge is 2.85. The molecule has 1 spiro atoms. The fraction of sp³-hybridized carbons (Fsp3) is 0.714. The van der Waals surface area contributed by atoms with Crippen LogP contribution in [0.25, 0.3) is 0 Å². The van der Waals surface area contributed by atoms with Gasteiger partial charge in [0.05, 0.1) is 28.1 Å². The summed E-state index contributed by atoms with van der Waals surface area (Å²) in [5.41, 5.74) is -12.2. The zero-order valence-corrected chi connectivity index (χ0v) is 42.8. The van der Waals surface area contributed by atoms with Gasteiger partial charge in [-0.3, -0.25) is 19.2 Å². The quantitative estimate of drug-likeness (QED) is 0.166. The Morgan fingerprint density at radius 1 is 0.577 bits per heavy atom. The Kier molecular flexibility index (Phi) is 10.8. The van der Waals surface area contributed by atoms with E-state index >= 15 is 0 Å². The lowest BCUT2D eigenvalue weighted by Crippen LogP contribution is -2.73. The summed E-state index contributed by atoms with van der Waals surface area (Å²) in [4.78, 5) is 76.8. The van der Waals surface area contributed by atoms with Crippen molar-refractivity contribution in [1.29, 1.82) is 0 Å². The molecule has 0 amide bonds. The third-order valence-corrected chi connectivity index (χ3v) is 22.9. The van der Waals surface area contributed by atoms with Crippen molar-refractivity contribution in [2.45, 2.75) is 204 Å². The molecule has 11 aliphatic rings. The van der Waals surface area contributed by atoms with E-state index in [1.165, 1.54) is 38.2 Å². The molecule has 11 rings (SSSR count). The molecule has 15 heteroatoms. The van der Waals surface area contributed by atoms with E-state index in [1.54, 1.807) is 26.8 Å². The van der Waals surface area contributed by atoms with Gasteiger partial charge in [-0.25, -0.2) is 9.59 Å². The van der Waals surface area contributed by atoms with Crippen LogP contribution < -0.4 is 0 Å². The topological polar surface area (TPSA) is 255 Å². The zero-order valence-electron chi connectivity index (χ0n) is 42.8. The van der Waals surface area contributed by atoms with Crippen LogP contribution in [0.2, 0.25) is 0 Å². The second kappa shape index (κ2) is 15.1. The van der Waals surface area contributed by atoms with Gasteiger partial charge >= 0.3 is 11.9 Å². The fourth-order valence-corrected chi connectivity index (χ4v) is 17.6. The Bertz CT molecular complexity index is 2650. The summed E-state index contributed by atoms with van der Waals surface area (Å²) in [6.07, 6.45) is 8.64. The van der Waals surface area contributed by atoms with E-state index in [0.29, 0.717) is 68.1 Å². The molecule has 6 fully saturated rings. The number of fused-ring (bicyclic) bond motifs is 9. The van der Waals surface area contributed by atoms with E-state index < -0.39 is 97.0 Å². The van der Waals surface area contributed by atoms with Crippen LogP contribution in [0, 0.1) is 45.3 Å². The van der Waals surface area contributed by atoms with Crippen LogP contribution in [0.15, 0.2) is 58.2 Å². The Labute approximate surface area is 414 Å². The number of carbonyl (C=O) groups excluding carboxylic acids is 6. The highest BCUT2D eigenvalue weighted by atomic mass is 16.6. The standard InChI is InChI=1S/C28H36O8.C28H36O7/c1-14-12-20(35-22(31)15(14)2)25(5,32)27(34)11-10-26(33)17-13-21-28(36-21)19(30)7-6-18(29)24(28,4)16(17)8-9-23(26,27)3;1-15-14-22(35-23(31)16(15)2)26(5,32)28(34)13-12-27(33)18-6-7-19-20(29)8-9-21(30)25(19,4)17(18)10-11-24(27,28)3/h6-7,16-17,20-21,32-34H,8-13H2,1-5H3;7-9,17-18,22,32-34H,6,10-14H2,1-5H3/t16?,17?,20?,21-,23+,24+,25+,26-,27+,28-;17?,18?,22?,24-,25+,26-,27+,28-/m10/s1. The lowest BCUT2D eigenvalue weighted by Gasteiger charge is -2.63. The molecule has 71 heavy (non-hydrogen) atoms. The van der Waals surface area contributed by atoms with Gasteiger partial charge in [0.25, 0.3) is 0 Å². The lowest BCUT2D eigenvalue weighted by molar-refractivity contribution is -0.282. The van der Waals surface area contributed by atoms with Crippen LogP contribution in [0.5, 0.6) is 0 Å². The second-order valence-corrected chi connectivity index (χ2v) is 25.0. The van der Waals surface area contributed by atoms with Gasteiger partial charge in [0.15, 0.2) is 28.7 Å². The molecule has 6 unspecified atom stereocenters. The number of aliphatic hydroxyl groups is 6. The average Bonchev–Trinajstić information content (AvgIpc) is 3.95. The van der Waals surface area contributed by atoms with Gasteiger partial charge in [-0.15, -0.1) is 0 Å². The molecule has 1 saturated heterocycles. The summed E-state index contributed by atoms with van der Waals surface area (Å²) in [5, 5.41) is 73.1. The molecule has 3 heterocycles. The maximum Gasteiger partial charge on any atom is 0.334 e. The number of cyclic esters (lactones) is 2. The molecule has 0 aromatic heterocycles. The molecule has 15 nitrogen and oxygen atoms in total. The van der Waals surface area contributed by atoms with Crippen LogP contribution in [-0.2, 0) is 43.0 Å². The fourth-order valence-electron chi connectivity index (χ4n) is 17.6. The molecule has 0 aromatic carbocycles. The highest BCUT2D eigenvalue weighted by molar-refractivity contribution is 6.18. The SMILES string of the molecule is CC1=C(C)C(=O)OC([C@](C)(O)[C@]2(O)CC[C@@]3(O)C4CC=C5C(=O)C=CC(=O)[C@]5(C)C4CC[C@]23C)C1.CC1=C(C)C(=O)OC([C@](C)(O)[C@]2(O)CC[C@@]3(O)C4C[C@H]5O[C@]56C(=O)C=CC(=O)[C@]6(C)C4CC[C@]23C)C1. The predicted octanol–water partition coefficient (Wildman–Crippen LogP) is 4.66. The van der Waals surface area contributed by atoms with E-state index in [9.17, 15) is 59.4 Å². The smallest absolute Gasteiger partial charge is 0.334 e. The van der Waals surface area contributed by atoms with Gasteiger partial charge in [-0.05, 0) is 168 Å². The van der Waals surface area contributed by atoms with Gasteiger partial charge in [-0.1, -0.05) is 31.1 Å². The Morgan fingerprint density at radius 2 is 1.04 bits per heavy atom. The molecule has 5 saturated carbocycles. The first-order valence-corrected chi connectivity index (χ1v) is 25.8. The van der Waals surface area contributed by atoms with E-state index in [1.807, 2.05) is 34.6 Å². The van der Waals surface area contributed by atoms with Crippen molar-refractivity contribution in [2.24, 2.45) is 45.3 Å². The number of hydrogen-bond acceptors (Lipinski definition) is 15. The highest BCUT2D eigenvalue weighted by Crippen LogP contribution is 2.75. The molecule has 3 aliphatic heterocycles. The summed E-state index contributed by atoms with van der Waals surface area (Å²) in [7, 11) is 0. The number of esters is 2. The minimum atomic E-state index is -1.82. The molecule has 8 aliphatic carbocycles. The van der Waals surface area contributed by atoms with Gasteiger partial charge in [0.2, 0.25) is 0 Å². The Balaban J connectivity index is 0.000000164. The third-order valence-electron chi connectivity index (χ3n) is 22.9. The lowest BCUT2D eigenvalue weighted by atomic mass is 9.42. The number of rotatable bonds is 4. The largest absolute Gasteiger partial charge is 0.455 e. The molecular weight excluding hydrogens is 913 g/mol. The van der Waals surface area contributed by atoms with Crippen LogP contribution in [0.3, 0.4) is 0 Å². The molecule has 18 atom stereocenters. The van der Waals surface area contributed by atoms with Crippen molar-refractivity contribution < 1.29 is 73.6 Å². The summed E-state index contributed by atoms with van der Waals surface area (Å²) < 4.78 is 17.2. The van der Waals surface area contributed by atoms with Crippen LogP contribution >= 0.6 is 0 Å². The maximum absolute atomic E-state index is 13.3. The monoisotopic (exact) mass is 984 g/mol. The Morgan fingerprint density at radius 3 is 1.55 bits per heavy atom. The van der Waals surface area contributed by atoms with E-state index in [0.717, 1.165) is 11.1 Å². The number of carbonyl (C=O) groups is 6. The summed E-state index contributed by atoms with van der Waals surface area (Å²) in [6.45, 7) is 17.3. The van der Waals surface area contributed by atoms with Crippen molar-refractivity contribution in [3.05, 3.63) is 58.2 Å². The first-order valence-electron chi connectivity index (χ1n) is 25.8. The molecule has 6 N–H and O–H groups in total. The predicted molar refractivity (Wildman–Crippen MR) is 253 cm³/mol. The van der Waals surface area contributed by atoms with Crippen molar-refractivity contribution in [2.75, 3.05) is 0 Å². The number of ether oxygens (including phenoxy) is 3. The number of hydrogen-bond donors (Lipinski definition) is 6. The Hall–Kier alpha value is -3.96. The summed E-state index contributed by atoms with van der Waals surface area (Å²) >= 11 is 0. The van der Waals surface area contributed by atoms with Crippen molar-refractivity contribution >= 4 is 35.1 Å². The van der Waals surface area contributed by atoms with Gasteiger partial charge in [0, 0.05) is 40.4 Å². The average molecular weight is 985 g/mol. The van der Waals surface area contributed by atoms with E-state index in [4.69, 9.17) is 14.2 Å². The number of epoxide rings is 1. The van der Waals surface area contributed by atoms with E-state index in [-0.39, 0.29) is 66.6 Å². The first-order chi connectivity index (χ1) is 32.8. The zero-order chi connectivity index (χ0) is 52.0. The number of ketones is 4. The van der Waals surface area contributed by atoms with Crippen LogP contribution in [0.1, 0.15) is 146 Å². The van der Waals surface area contributed by atoms with Gasteiger partial charge < -0.3 is 44.8 Å². The van der Waals surface area contributed by atoms with Crippen LogP contribution in [0.4, 0.5) is 0 Å². The minimum Gasteiger partial charge on any atom is -0.455 e. The van der Waals surface area contributed by atoms with Crippen LogP contribution in [-0.4, -0.2) is 123 Å². The molecule has 0 bridgehead atoms.